The van der Waals surface area contributed by atoms with Crippen LogP contribution in [0, 0.1) is 0 Å². The first-order valence-corrected chi connectivity index (χ1v) is 8.20. The fourth-order valence-corrected chi connectivity index (χ4v) is 3.06. The van der Waals surface area contributed by atoms with Gasteiger partial charge >= 0.3 is 0 Å². The van der Waals surface area contributed by atoms with E-state index in [2.05, 4.69) is 0 Å². The van der Waals surface area contributed by atoms with E-state index in [1.165, 1.54) is 4.31 Å². The normalized spacial score (nSPS) is 11.8. The highest BCUT2D eigenvalue weighted by atomic mass is 32.2. The Morgan fingerprint density at radius 3 is 2.75 bits per heavy atom. The van der Waals surface area contributed by atoms with Crippen molar-refractivity contribution in [2.45, 2.75) is 12.2 Å². The van der Waals surface area contributed by atoms with Crippen LogP contribution >= 0.6 is 12.2 Å². The van der Waals surface area contributed by atoms with Crippen LogP contribution in [0.5, 0.6) is 0 Å². The van der Waals surface area contributed by atoms with E-state index >= 15 is 0 Å². The molecule has 7 heteroatoms. The van der Waals surface area contributed by atoms with Gasteiger partial charge in [0.1, 0.15) is 4.99 Å². The van der Waals surface area contributed by atoms with Crippen molar-refractivity contribution in [3.8, 4) is 0 Å². The minimum Gasteiger partial charge on any atom is -0.389 e. The number of thiocarbonyl (C=S) groups is 1. The minimum atomic E-state index is -3.34. The lowest BCUT2D eigenvalue weighted by Crippen LogP contribution is -2.29. The first-order chi connectivity index (χ1) is 9.36. The highest BCUT2D eigenvalue weighted by Crippen LogP contribution is 2.12. The average molecular weight is 316 g/mol. The molecule has 0 spiro atoms. The van der Waals surface area contributed by atoms with Gasteiger partial charge < -0.3 is 10.5 Å². The van der Waals surface area contributed by atoms with Gasteiger partial charge in [0.2, 0.25) is 10.0 Å². The fraction of sp³-hybridized carbons (Fsp3) is 0.462. The van der Waals surface area contributed by atoms with Crippen LogP contribution in [0.25, 0.3) is 0 Å². The van der Waals surface area contributed by atoms with E-state index in [0.29, 0.717) is 30.7 Å². The number of nitrogens with zero attached hydrogens (tertiary/aromatic N) is 1. The SMILES string of the molecule is COCCCN(C)S(=O)(=O)Cc1cccc(C(N)=S)c1. The number of ether oxygens (including phenoxy) is 1. The summed E-state index contributed by atoms with van der Waals surface area (Å²) in [7, 11) is -0.178. The van der Waals surface area contributed by atoms with Crippen molar-refractivity contribution in [1.29, 1.82) is 0 Å². The van der Waals surface area contributed by atoms with Gasteiger partial charge in [0.25, 0.3) is 0 Å². The van der Waals surface area contributed by atoms with E-state index in [1.54, 1.807) is 38.4 Å². The lowest BCUT2D eigenvalue weighted by atomic mass is 10.1. The third kappa shape index (κ3) is 5.16. The summed E-state index contributed by atoms with van der Waals surface area (Å²) in [6.45, 7) is 0.974. The summed E-state index contributed by atoms with van der Waals surface area (Å²) >= 11 is 4.89. The Kier molecular flexibility index (Phi) is 6.54. The molecule has 0 saturated carbocycles. The molecule has 0 unspecified atom stereocenters. The average Bonchev–Trinajstić information content (AvgIpc) is 2.38. The number of hydrogen-bond donors (Lipinski definition) is 1. The zero-order valence-electron chi connectivity index (χ0n) is 11.7. The summed E-state index contributed by atoms with van der Waals surface area (Å²) in [5.74, 6) is -0.0626. The molecule has 2 N–H and O–H groups in total. The largest absolute Gasteiger partial charge is 0.389 e. The van der Waals surface area contributed by atoms with Crippen molar-refractivity contribution in [3.63, 3.8) is 0 Å². The molecule has 5 nitrogen and oxygen atoms in total. The van der Waals surface area contributed by atoms with Crippen LogP contribution in [0.1, 0.15) is 17.5 Å². The lowest BCUT2D eigenvalue weighted by molar-refractivity contribution is 0.189. The van der Waals surface area contributed by atoms with Crippen LogP contribution < -0.4 is 5.73 Å². The number of hydrogen-bond acceptors (Lipinski definition) is 4. The van der Waals surface area contributed by atoms with E-state index < -0.39 is 10.0 Å². The number of methoxy groups -OCH3 is 1. The number of nitrogens with two attached hydrogens (primary N) is 1. The second-order valence-electron chi connectivity index (χ2n) is 4.49. The Labute approximate surface area is 125 Å². The molecule has 0 bridgehead atoms. The Morgan fingerprint density at radius 1 is 1.45 bits per heavy atom. The summed E-state index contributed by atoms with van der Waals surface area (Å²) in [5.41, 5.74) is 6.90. The molecule has 0 amide bonds. The smallest absolute Gasteiger partial charge is 0.218 e. The van der Waals surface area contributed by atoms with Gasteiger partial charge in [-0.05, 0) is 18.1 Å². The molecule has 20 heavy (non-hydrogen) atoms. The van der Waals surface area contributed by atoms with Gasteiger partial charge in [-0.1, -0.05) is 30.4 Å². The predicted octanol–water partition coefficient (Wildman–Crippen LogP) is 1.12. The molecule has 0 atom stereocenters. The van der Waals surface area contributed by atoms with Crippen LogP contribution in [0.2, 0.25) is 0 Å². The fourth-order valence-electron chi connectivity index (χ4n) is 1.71. The van der Waals surface area contributed by atoms with Gasteiger partial charge in [-0.25, -0.2) is 12.7 Å². The molecule has 1 aromatic carbocycles. The molecule has 0 radical (unpaired) electrons. The van der Waals surface area contributed by atoms with Crippen LogP contribution in [0.3, 0.4) is 0 Å². The molecular formula is C13H20N2O3S2. The van der Waals surface area contributed by atoms with Crippen molar-refractivity contribution in [2.75, 3.05) is 27.3 Å². The maximum absolute atomic E-state index is 12.2. The van der Waals surface area contributed by atoms with Gasteiger partial charge in [0.15, 0.2) is 0 Å². The van der Waals surface area contributed by atoms with Gasteiger partial charge in [0, 0.05) is 32.9 Å². The molecule has 1 rings (SSSR count). The van der Waals surface area contributed by atoms with Crippen LogP contribution in [-0.4, -0.2) is 45.0 Å². The first kappa shape index (κ1) is 17.0. The summed E-state index contributed by atoms with van der Waals surface area (Å²) in [5, 5.41) is 0. The summed E-state index contributed by atoms with van der Waals surface area (Å²) in [6.07, 6.45) is 0.666. The molecular weight excluding hydrogens is 296 g/mol. The highest BCUT2D eigenvalue weighted by Gasteiger charge is 2.18. The highest BCUT2D eigenvalue weighted by molar-refractivity contribution is 7.88. The Bertz CT molecular complexity index is 558. The van der Waals surface area contributed by atoms with Gasteiger partial charge in [0.05, 0.1) is 5.75 Å². The predicted molar refractivity (Wildman–Crippen MR) is 84.1 cm³/mol. The monoisotopic (exact) mass is 316 g/mol. The summed E-state index contributed by atoms with van der Waals surface area (Å²) < 4.78 is 30.7. The minimum absolute atomic E-state index is 0.0626. The Balaban J connectivity index is 2.75. The molecule has 0 saturated heterocycles. The van der Waals surface area contributed by atoms with Gasteiger partial charge in [-0.2, -0.15) is 0 Å². The van der Waals surface area contributed by atoms with E-state index in [4.69, 9.17) is 22.7 Å². The maximum Gasteiger partial charge on any atom is 0.218 e. The van der Waals surface area contributed by atoms with E-state index in [-0.39, 0.29) is 10.7 Å². The molecule has 0 aliphatic rings. The lowest BCUT2D eigenvalue weighted by Gasteiger charge is -2.17. The summed E-state index contributed by atoms with van der Waals surface area (Å²) in [6, 6.07) is 6.98. The van der Waals surface area contributed by atoms with E-state index in [1.807, 2.05) is 0 Å². The van der Waals surface area contributed by atoms with Crippen molar-refractivity contribution in [1.82, 2.24) is 4.31 Å². The maximum atomic E-state index is 12.2. The second-order valence-corrected chi connectivity index (χ2v) is 7.00. The van der Waals surface area contributed by atoms with Crippen molar-refractivity contribution < 1.29 is 13.2 Å². The Morgan fingerprint density at radius 2 is 2.15 bits per heavy atom. The van der Waals surface area contributed by atoms with Crippen molar-refractivity contribution in [2.24, 2.45) is 5.73 Å². The third-order valence-electron chi connectivity index (χ3n) is 2.86. The van der Waals surface area contributed by atoms with Crippen molar-refractivity contribution in [3.05, 3.63) is 35.4 Å². The zero-order chi connectivity index (χ0) is 15.2. The first-order valence-electron chi connectivity index (χ1n) is 6.18. The quantitative estimate of drug-likeness (QED) is 0.575. The molecule has 0 aliphatic carbocycles. The molecule has 0 heterocycles. The third-order valence-corrected chi connectivity index (χ3v) is 4.92. The van der Waals surface area contributed by atoms with Crippen molar-refractivity contribution >= 4 is 27.2 Å². The van der Waals surface area contributed by atoms with Gasteiger partial charge in [-0.15, -0.1) is 0 Å². The second kappa shape index (κ2) is 7.68. The molecule has 0 fully saturated rings. The number of benzene rings is 1. The Hall–Kier alpha value is -1.02. The zero-order valence-corrected chi connectivity index (χ0v) is 13.3. The number of rotatable bonds is 8. The van der Waals surface area contributed by atoms with Gasteiger partial charge in [-0.3, -0.25) is 0 Å². The van der Waals surface area contributed by atoms with E-state index in [9.17, 15) is 8.42 Å². The molecule has 1 aromatic rings. The molecule has 112 valence electrons. The standard InChI is InChI=1S/C13H20N2O3S2/c1-15(7-4-8-18-2)20(16,17)10-11-5-3-6-12(9-11)13(14)19/h3,5-6,9H,4,7-8,10H2,1-2H3,(H2,14,19). The molecule has 0 aromatic heterocycles. The molecule has 0 aliphatic heterocycles. The van der Waals surface area contributed by atoms with E-state index in [0.717, 1.165) is 0 Å². The van der Waals surface area contributed by atoms with Crippen LogP contribution in [0.4, 0.5) is 0 Å². The number of sulfonamides is 1. The topological polar surface area (TPSA) is 72.6 Å². The summed E-state index contributed by atoms with van der Waals surface area (Å²) in [4.78, 5) is 0.262. The van der Waals surface area contributed by atoms with Crippen LogP contribution in [0.15, 0.2) is 24.3 Å². The van der Waals surface area contributed by atoms with Crippen LogP contribution in [-0.2, 0) is 20.5 Å².